The molecule has 0 spiro atoms. The Morgan fingerprint density at radius 1 is 1.44 bits per heavy atom. The van der Waals surface area contributed by atoms with E-state index in [4.69, 9.17) is 22.1 Å². The molecule has 0 radical (unpaired) electrons. The first kappa shape index (κ1) is 13.3. The average molecular weight is 271 g/mol. The summed E-state index contributed by atoms with van der Waals surface area (Å²) in [6.45, 7) is 1.31. The van der Waals surface area contributed by atoms with Crippen LogP contribution in [0.1, 0.15) is 18.4 Å². The van der Waals surface area contributed by atoms with E-state index in [1.807, 2.05) is 0 Å². The lowest BCUT2D eigenvalue weighted by molar-refractivity contribution is -0.384. The smallest absolute Gasteiger partial charge is 0.270 e. The predicted molar refractivity (Wildman–Crippen MR) is 68.8 cm³/mol. The number of nitrogens with zero attached hydrogens (tertiary/aromatic N) is 1. The minimum atomic E-state index is -0.456. The third-order valence-corrected chi connectivity index (χ3v) is 3.63. The molecule has 1 saturated heterocycles. The monoisotopic (exact) mass is 270 g/mol. The lowest BCUT2D eigenvalue weighted by Gasteiger charge is -2.33. The SMILES string of the molecule is NC1(Cc2ccc([N+](=O)[O-])cc2Cl)CCOCC1. The highest BCUT2D eigenvalue weighted by Gasteiger charge is 2.29. The highest BCUT2D eigenvalue weighted by atomic mass is 35.5. The lowest BCUT2D eigenvalue weighted by Crippen LogP contribution is -2.46. The lowest BCUT2D eigenvalue weighted by atomic mass is 9.85. The van der Waals surface area contributed by atoms with Crippen LogP contribution in [0.15, 0.2) is 18.2 Å². The summed E-state index contributed by atoms with van der Waals surface area (Å²) >= 11 is 6.06. The molecule has 0 unspecified atom stereocenters. The maximum absolute atomic E-state index is 10.6. The van der Waals surface area contributed by atoms with Gasteiger partial charge in [0.2, 0.25) is 0 Å². The van der Waals surface area contributed by atoms with Crippen molar-refractivity contribution in [3.8, 4) is 0 Å². The normalized spacial score (nSPS) is 18.6. The molecule has 5 nitrogen and oxygen atoms in total. The van der Waals surface area contributed by atoms with Gasteiger partial charge in [0.1, 0.15) is 0 Å². The fourth-order valence-corrected chi connectivity index (χ4v) is 2.37. The van der Waals surface area contributed by atoms with E-state index in [2.05, 4.69) is 0 Å². The summed E-state index contributed by atoms with van der Waals surface area (Å²) in [5, 5.41) is 11.0. The van der Waals surface area contributed by atoms with E-state index in [1.165, 1.54) is 12.1 Å². The van der Waals surface area contributed by atoms with E-state index >= 15 is 0 Å². The topological polar surface area (TPSA) is 78.4 Å². The first-order valence-corrected chi connectivity index (χ1v) is 6.17. The number of benzene rings is 1. The standard InChI is InChI=1S/C12H15ClN2O3/c13-11-7-10(15(16)17)2-1-9(11)8-12(14)3-5-18-6-4-12/h1-2,7H,3-6,8,14H2. The molecule has 1 heterocycles. The van der Waals surface area contributed by atoms with Crippen molar-refractivity contribution in [2.45, 2.75) is 24.8 Å². The zero-order valence-electron chi connectivity index (χ0n) is 9.89. The zero-order chi connectivity index (χ0) is 13.2. The number of rotatable bonds is 3. The van der Waals surface area contributed by atoms with Crippen molar-refractivity contribution in [1.82, 2.24) is 0 Å². The van der Waals surface area contributed by atoms with Crippen LogP contribution in [0.25, 0.3) is 0 Å². The van der Waals surface area contributed by atoms with Gasteiger partial charge in [-0.3, -0.25) is 10.1 Å². The number of non-ortho nitro benzene ring substituents is 1. The van der Waals surface area contributed by atoms with Gasteiger partial charge in [-0.25, -0.2) is 0 Å². The van der Waals surface area contributed by atoms with Crippen molar-refractivity contribution in [1.29, 1.82) is 0 Å². The number of ether oxygens (including phenoxy) is 1. The third-order valence-electron chi connectivity index (χ3n) is 3.28. The Kier molecular flexibility index (Phi) is 3.85. The predicted octanol–water partition coefficient (Wildman–Crippen LogP) is 2.30. The summed E-state index contributed by atoms with van der Waals surface area (Å²) in [5.74, 6) is 0. The molecule has 18 heavy (non-hydrogen) atoms. The van der Waals surface area contributed by atoms with Gasteiger partial charge in [-0.1, -0.05) is 17.7 Å². The average Bonchev–Trinajstić information content (AvgIpc) is 2.32. The second kappa shape index (κ2) is 5.22. The maximum Gasteiger partial charge on any atom is 0.270 e. The number of halogens is 1. The van der Waals surface area contributed by atoms with Crippen LogP contribution in [0.4, 0.5) is 5.69 Å². The molecule has 1 aromatic rings. The van der Waals surface area contributed by atoms with Crippen molar-refractivity contribution >= 4 is 17.3 Å². The number of hydrogen-bond donors (Lipinski definition) is 1. The molecule has 1 aromatic carbocycles. The summed E-state index contributed by atoms with van der Waals surface area (Å²) in [4.78, 5) is 10.2. The van der Waals surface area contributed by atoms with E-state index < -0.39 is 4.92 Å². The van der Waals surface area contributed by atoms with Crippen LogP contribution in [0.5, 0.6) is 0 Å². The highest BCUT2D eigenvalue weighted by molar-refractivity contribution is 6.31. The molecule has 0 saturated carbocycles. The first-order chi connectivity index (χ1) is 8.50. The number of nitro benzene ring substituents is 1. The quantitative estimate of drug-likeness (QED) is 0.675. The summed E-state index contributed by atoms with van der Waals surface area (Å²) in [6, 6.07) is 4.52. The Bertz CT molecular complexity index is 459. The zero-order valence-corrected chi connectivity index (χ0v) is 10.7. The van der Waals surface area contributed by atoms with E-state index in [9.17, 15) is 10.1 Å². The molecule has 0 atom stereocenters. The van der Waals surface area contributed by atoms with Gasteiger partial charge in [0.05, 0.1) is 9.95 Å². The Morgan fingerprint density at radius 2 is 2.11 bits per heavy atom. The molecule has 1 fully saturated rings. The molecular formula is C12H15ClN2O3. The van der Waals surface area contributed by atoms with Gasteiger partial charge in [0.25, 0.3) is 5.69 Å². The van der Waals surface area contributed by atoms with Crippen LogP contribution in [-0.2, 0) is 11.2 Å². The molecule has 0 aromatic heterocycles. The number of nitro groups is 1. The van der Waals surface area contributed by atoms with Gasteiger partial charge in [-0.2, -0.15) is 0 Å². The molecule has 6 heteroatoms. The Labute approximate surface area is 110 Å². The van der Waals surface area contributed by atoms with E-state index in [-0.39, 0.29) is 11.2 Å². The van der Waals surface area contributed by atoms with Crippen molar-refractivity contribution in [3.05, 3.63) is 38.9 Å². The molecule has 0 bridgehead atoms. The minimum absolute atomic E-state index is 0.00167. The van der Waals surface area contributed by atoms with Crippen molar-refractivity contribution in [2.24, 2.45) is 5.73 Å². The van der Waals surface area contributed by atoms with E-state index in [0.717, 1.165) is 18.4 Å². The van der Waals surface area contributed by atoms with Gasteiger partial charge in [-0.15, -0.1) is 0 Å². The van der Waals surface area contributed by atoms with Gasteiger partial charge >= 0.3 is 0 Å². The number of hydrogen-bond acceptors (Lipinski definition) is 4. The molecule has 1 aliphatic heterocycles. The third kappa shape index (κ3) is 2.98. The number of nitrogens with two attached hydrogens (primary N) is 1. The van der Waals surface area contributed by atoms with Crippen molar-refractivity contribution in [2.75, 3.05) is 13.2 Å². The van der Waals surface area contributed by atoms with Crippen LogP contribution in [-0.4, -0.2) is 23.7 Å². The van der Waals surface area contributed by atoms with Crippen LogP contribution in [0.3, 0.4) is 0 Å². The molecule has 1 aliphatic rings. The largest absolute Gasteiger partial charge is 0.381 e. The Hall–Kier alpha value is -1.17. The molecule has 2 N–H and O–H groups in total. The Morgan fingerprint density at radius 3 is 2.67 bits per heavy atom. The minimum Gasteiger partial charge on any atom is -0.381 e. The molecule has 2 rings (SSSR count). The summed E-state index contributed by atoms with van der Waals surface area (Å²) < 4.78 is 5.28. The molecule has 0 aliphatic carbocycles. The second-order valence-corrected chi connectivity index (χ2v) is 5.09. The molecule has 98 valence electrons. The summed E-state index contributed by atoms with van der Waals surface area (Å²) in [5.41, 5.74) is 6.82. The van der Waals surface area contributed by atoms with Gasteiger partial charge in [-0.05, 0) is 24.8 Å². The van der Waals surface area contributed by atoms with E-state index in [0.29, 0.717) is 24.7 Å². The molecule has 0 amide bonds. The van der Waals surface area contributed by atoms with Crippen molar-refractivity contribution < 1.29 is 9.66 Å². The second-order valence-electron chi connectivity index (χ2n) is 4.68. The van der Waals surface area contributed by atoms with Crippen LogP contribution in [0, 0.1) is 10.1 Å². The Balaban J connectivity index is 2.16. The highest BCUT2D eigenvalue weighted by Crippen LogP contribution is 2.28. The van der Waals surface area contributed by atoms with Crippen LogP contribution in [0.2, 0.25) is 5.02 Å². The summed E-state index contributed by atoms with van der Waals surface area (Å²) in [7, 11) is 0. The fourth-order valence-electron chi connectivity index (χ4n) is 2.13. The van der Waals surface area contributed by atoms with Crippen molar-refractivity contribution in [3.63, 3.8) is 0 Å². The van der Waals surface area contributed by atoms with Crippen LogP contribution >= 0.6 is 11.6 Å². The van der Waals surface area contributed by atoms with Crippen LogP contribution < -0.4 is 5.73 Å². The maximum atomic E-state index is 10.6. The molecular weight excluding hydrogens is 256 g/mol. The van der Waals surface area contributed by atoms with Gasteiger partial charge in [0, 0.05) is 30.9 Å². The van der Waals surface area contributed by atoms with Gasteiger partial charge < -0.3 is 10.5 Å². The fraction of sp³-hybridized carbons (Fsp3) is 0.500. The van der Waals surface area contributed by atoms with Gasteiger partial charge in [0.15, 0.2) is 0 Å². The first-order valence-electron chi connectivity index (χ1n) is 5.80. The van der Waals surface area contributed by atoms with E-state index in [1.54, 1.807) is 6.07 Å². The summed E-state index contributed by atoms with van der Waals surface area (Å²) in [6.07, 6.45) is 2.17.